The Morgan fingerprint density at radius 1 is 1.32 bits per heavy atom. The van der Waals surface area contributed by atoms with Gasteiger partial charge in [0.05, 0.1) is 6.54 Å². The monoisotopic (exact) mass is 348 g/mol. The van der Waals surface area contributed by atoms with Crippen LogP contribution in [-0.2, 0) is 4.79 Å². The van der Waals surface area contributed by atoms with E-state index in [1.165, 1.54) is 26.2 Å². The second kappa shape index (κ2) is 12.2. The molecule has 0 bridgehead atoms. The standard InChI is InChI=1S/C19H32N4O2/c1-5-6-7-9-15(2)22-19(20-4)21-12-13-25-18-11-8-10-17(14-18)23-16(3)24/h8,10-11,14-15H,5-7,9,12-13H2,1-4H3,(H,23,24)(H2,20,21,22). The van der Waals surface area contributed by atoms with Crippen LogP contribution in [0.25, 0.3) is 0 Å². The maximum absolute atomic E-state index is 11.1. The van der Waals surface area contributed by atoms with Gasteiger partial charge in [0.25, 0.3) is 0 Å². The number of guanidine groups is 1. The molecule has 140 valence electrons. The van der Waals surface area contributed by atoms with Crippen molar-refractivity contribution >= 4 is 17.6 Å². The van der Waals surface area contributed by atoms with Crippen LogP contribution in [0.5, 0.6) is 5.75 Å². The summed E-state index contributed by atoms with van der Waals surface area (Å²) in [5, 5.41) is 9.38. The molecule has 6 heteroatoms. The van der Waals surface area contributed by atoms with Gasteiger partial charge in [0, 0.05) is 31.8 Å². The number of unbranched alkanes of at least 4 members (excludes halogenated alkanes) is 2. The molecule has 1 aromatic rings. The summed E-state index contributed by atoms with van der Waals surface area (Å²) in [4.78, 5) is 15.3. The SMILES string of the molecule is CCCCCC(C)NC(=NC)NCCOc1cccc(NC(C)=O)c1. The summed E-state index contributed by atoms with van der Waals surface area (Å²) in [5.41, 5.74) is 0.733. The number of carbonyl (C=O) groups excluding carboxylic acids is 1. The van der Waals surface area contributed by atoms with E-state index in [1.807, 2.05) is 24.3 Å². The molecule has 1 atom stereocenters. The molecular weight excluding hydrogens is 316 g/mol. The van der Waals surface area contributed by atoms with Gasteiger partial charge < -0.3 is 20.7 Å². The van der Waals surface area contributed by atoms with Crippen LogP contribution in [0.3, 0.4) is 0 Å². The Labute approximate surface area is 151 Å². The summed E-state index contributed by atoms with van der Waals surface area (Å²) < 4.78 is 5.71. The van der Waals surface area contributed by atoms with Crippen molar-refractivity contribution in [1.29, 1.82) is 0 Å². The van der Waals surface area contributed by atoms with E-state index < -0.39 is 0 Å². The quantitative estimate of drug-likeness (QED) is 0.345. The number of hydrogen-bond donors (Lipinski definition) is 3. The number of anilines is 1. The van der Waals surface area contributed by atoms with Crippen molar-refractivity contribution < 1.29 is 9.53 Å². The molecule has 25 heavy (non-hydrogen) atoms. The van der Waals surface area contributed by atoms with Gasteiger partial charge in [-0.2, -0.15) is 0 Å². The molecule has 3 N–H and O–H groups in total. The number of aliphatic imine (C=N–C) groups is 1. The zero-order chi connectivity index (χ0) is 18.5. The van der Waals surface area contributed by atoms with Gasteiger partial charge in [-0.1, -0.05) is 32.3 Å². The molecular formula is C19H32N4O2. The van der Waals surface area contributed by atoms with Gasteiger partial charge in [-0.15, -0.1) is 0 Å². The predicted octanol–water partition coefficient (Wildman–Crippen LogP) is 3.16. The maximum atomic E-state index is 11.1. The Balaban J connectivity index is 2.30. The molecule has 1 amide bonds. The summed E-state index contributed by atoms with van der Waals surface area (Å²) in [6, 6.07) is 7.76. The van der Waals surface area contributed by atoms with Crippen LogP contribution in [0, 0.1) is 0 Å². The van der Waals surface area contributed by atoms with Gasteiger partial charge in [0.1, 0.15) is 12.4 Å². The highest BCUT2D eigenvalue weighted by Gasteiger charge is 2.05. The largest absolute Gasteiger partial charge is 0.492 e. The third-order valence-corrected chi connectivity index (χ3v) is 3.67. The molecule has 0 aliphatic heterocycles. The highest BCUT2D eigenvalue weighted by atomic mass is 16.5. The van der Waals surface area contributed by atoms with Crippen LogP contribution < -0.4 is 20.7 Å². The smallest absolute Gasteiger partial charge is 0.221 e. The number of nitrogens with one attached hydrogen (secondary N) is 3. The zero-order valence-electron chi connectivity index (χ0n) is 15.9. The van der Waals surface area contributed by atoms with Crippen molar-refractivity contribution in [1.82, 2.24) is 10.6 Å². The van der Waals surface area contributed by atoms with E-state index in [0.29, 0.717) is 19.2 Å². The normalized spacial score (nSPS) is 12.4. The fourth-order valence-corrected chi connectivity index (χ4v) is 2.41. The minimum absolute atomic E-state index is 0.0956. The summed E-state index contributed by atoms with van der Waals surface area (Å²) in [7, 11) is 1.77. The maximum Gasteiger partial charge on any atom is 0.221 e. The fourth-order valence-electron chi connectivity index (χ4n) is 2.41. The van der Waals surface area contributed by atoms with E-state index in [9.17, 15) is 4.79 Å². The molecule has 0 saturated carbocycles. The molecule has 0 aromatic heterocycles. The van der Waals surface area contributed by atoms with Gasteiger partial charge in [-0.3, -0.25) is 9.79 Å². The Morgan fingerprint density at radius 2 is 2.12 bits per heavy atom. The van der Waals surface area contributed by atoms with Gasteiger partial charge in [0.2, 0.25) is 5.91 Å². The van der Waals surface area contributed by atoms with Crippen molar-refractivity contribution in [2.24, 2.45) is 4.99 Å². The average Bonchev–Trinajstić information content (AvgIpc) is 2.57. The summed E-state index contributed by atoms with van der Waals surface area (Å²) in [5.74, 6) is 1.42. The van der Waals surface area contributed by atoms with Crippen molar-refractivity contribution in [3.05, 3.63) is 24.3 Å². The minimum atomic E-state index is -0.0956. The van der Waals surface area contributed by atoms with E-state index in [0.717, 1.165) is 23.8 Å². The van der Waals surface area contributed by atoms with Crippen LogP contribution in [0.4, 0.5) is 5.69 Å². The highest BCUT2D eigenvalue weighted by molar-refractivity contribution is 5.88. The summed E-state index contributed by atoms with van der Waals surface area (Å²) in [6.07, 6.45) is 4.88. The predicted molar refractivity (Wildman–Crippen MR) is 104 cm³/mol. The Hall–Kier alpha value is -2.24. The number of carbonyl (C=O) groups is 1. The third kappa shape index (κ3) is 9.59. The average molecular weight is 348 g/mol. The first-order valence-corrected chi connectivity index (χ1v) is 9.02. The summed E-state index contributed by atoms with van der Waals surface area (Å²) in [6.45, 7) is 7.02. The topological polar surface area (TPSA) is 74.8 Å². The van der Waals surface area contributed by atoms with Crippen LogP contribution in [0.1, 0.15) is 46.5 Å². The van der Waals surface area contributed by atoms with Crippen molar-refractivity contribution in [3.8, 4) is 5.75 Å². The molecule has 6 nitrogen and oxygen atoms in total. The van der Waals surface area contributed by atoms with Crippen molar-refractivity contribution in [2.45, 2.75) is 52.5 Å². The molecule has 0 heterocycles. The van der Waals surface area contributed by atoms with E-state index in [1.54, 1.807) is 7.05 Å². The lowest BCUT2D eigenvalue weighted by molar-refractivity contribution is -0.114. The van der Waals surface area contributed by atoms with E-state index in [4.69, 9.17) is 4.74 Å². The first kappa shape index (κ1) is 20.8. The van der Waals surface area contributed by atoms with Crippen LogP contribution in [0.2, 0.25) is 0 Å². The van der Waals surface area contributed by atoms with E-state index in [2.05, 4.69) is 34.8 Å². The van der Waals surface area contributed by atoms with Crippen LogP contribution >= 0.6 is 0 Å². The molecule has 0 aliphatic carbocycles. The molecule has 1 rings (SSSR count). The molecule has 0 radical (unpaired) electrons. The Morgan fingerprint density at radius 3 is 2.80 bits per heavy atom. The van der Waals surface area contributed by atoms with Crippen LogP contribution in [0.15, 0.2) is 29.3 Å². The lowest BCUT2D eigenvalue weighted by Crippen LogP contribution is -2.43. The number of rotatable bonds is 10. The number of hydrogen-bond acceptors (Lipinski definition) is 3. The zero-order valence-corrected chi connectivity index (χ0v) is 15.9. The van der Waals surface area contributed by atoms with Gasteiger partial charge >= 0.3 is 0 Å². The van der Waals surface area contributed by atoms with Gasteiger partial charge in [-0.05, 0) is 25.5 Å². The molecule has 1 unspecified atom stereocenters. The molecule has 0 fully saturated rings. The van der Waals surface area contributed by atoms with E-state index in [-0.39, 0.29) is 5.91 Å². The van der Waals surface area contributed by atoms with Crippen molar-refractivity contribution in [2.75, 3.05) is 25.5 Å². The second-order valence-corrected chi connectivity index (χ2v) is 6.10. The molecule has 0 aliphatic rings. The summed E-state index contributed by atoms with van der Waals surface area (Å²) >= 11 is 0. The Bertz CT molecular complexity index is 546. The first-order valence-electron chi connectivity index (χ1n) is 9.02. The minimum Gasteiger partial charge on any atom is -0.492 e. The lowest BCUT2D eigenvalue weighted by Gasteiger charge is -2.18. The van der Waals surface area contributed by atoms with Crippen molar-refractivity contribution in [3.63, 3.8) is 0 Å². The number of benzene rings is 1. The highest BCUT2D eigenvalue weighted by Crippen LogP contribution is 2.16. The fraction of sp³-hybridized carbons (Fsp3) is 0.579. The first-order chi connectivity index (χ1) is 12.0. The second-order valence-electron chi connectivity index (χ2n) is 6.10. The number of amides is 1. The van der Waals surface area contributed by atoms with Gasteiger partial charge in [-0.25, -0.2) is 0 Å². The number of ether oxygens (including phenoxy) is 1. The van der Waals surface area contributed by atoms with E-state index >= 15 is 0 Å². The number of nitrogens with zero attached hydrogens (tertiary/aromatic N) is 1. The molecule has 1 aromatic carbocycles. The van der Waals surface area contributed by atoms with Crippen LogP contribution in [-0.4, -0.2) is 38.1 Å². The lowest BCUT2D eigenvalue weighted by atomic mass is 10.1. The third-order valence-electron chi connectivity index (χ3n) is 3.67. The molecule has 0 spiro atoms. The Kier molecular flexibility index (Phi) is 10.1. The van der Waals surface area contributed by atoms with Gasteiger partial charge in [0.15, 0.2) is 5.96 Å². The molecule has 0 saturated heterocycles.